The van der Waals surface area contributed by atoms with Gasteiger partial charge < -0.3 is 10.2 Å². The van der Waals surface area contributed by atoms with E-state index >= 15 is 0 Å². The molecule has 0 spiro atoms. The van der Waals surface area contributed by atoms with Gasteiger partial charge in [-0.15, -0.1) is 0 Å². The van der Waals surface area contributed by atoms with Gasteiger partial charge in [-0.25, -0.2) is 0 Å². The second kappa shape index (κ2) is 9.20. The van der Waals surface area contributed by atoms with Crippen molar-refractivity contribution in [2.45, 2.75) is 53.1 Å². The van der Waals surface area contributed by atoms with Crippen molar-refractivity contribution >= 4 is 0 Å². The standard InChI is InChI=1S/C15H26O2/c1-12(2)6-5-7-13(3)10-15(17)11-14(4)8-9-16/h6,8,10,15-17H,5,7,9,11H2,1-4H3. The molecular formula is C15H26O2. The first-order chi connectivity index (χ1) is 7.95. The van der Waals surface area contributed by atoms with E-state index in [9.17, 15) is 5.11 Å². The van der Waals surface area contributed by atoms with Gasteiger partial charge in [-0.2, -0.15) is 0 Å². The molecule has 2 N–H and O–H groups in total. The molecule has 0 rings (SSSR count). The van der Waals surface area contributed by atoms with E-state index < -0.39 is 6.10 Å². The molecule has 0 aliphatic carbocycles. The van der Waals surface area contributed by atoms with E-state index in [1.165, 1.54) is 11.1 Å². The monoisotopic (exact) mass is 238 g/mol. The molecule has 0 saturated carbocycles. The fourth-order valence-electron chi connectivity index (χ4n) is 1.63. The van der Waals surface area contributed by atoms with Gasteiger partial charge >= 0.3 is 0 Å². The van der Waals surface area contributed by atoms with E-state index in [-0.39, 0.29) is 6.61 Å². The van der Waals surface area contributed by atoms with Crippen LogP contribution in [0.1, 0.15) is 47.0 Å². The molecule has 1 unspecified atom stereocenters. The number of allylic oxidation sites excluding steroid dienone is 3. The SMILES string of the molecule is CC(C)=CCCC(C)=CC(O)CC(C)=CCO. The van der Waals surface area contributed by atoms with E-state index in [2.05, 4.69) is 19.9 Å². The summed E-state index contributed by atoms with van der Waals surface area (Å²) in [5, 5.41) is 18.5. The molecule has 0 radical (unpaired) electrons. The summed E-state index contributed by atoms with van der Waals surface area (Å²) in [6, 6.07) is 0. The van der Waals surface area contributed by atoms with Crippen LogP contribution in [0.3, 0.4) is 0 Å². The normalized spacial score (nSPS) is 14.7. The van der Waals surface area contributed by atoms with Crippen molar-refractivity contribution in [3.8, 4) is 0 Å². The molecule has 0 amide bonds. The smallest absolute Gasteiger partial charge is 0.0760 e. The third-order valence-electron chi connectivity index (χ3n) is 2.54. The molecule has 1 atom stereocenters. The molecule has 0 aromatic heterocycles. The third-order valence-corrected chi connectivity index (χ3v) is 2.54. The molecular weight excluding hydrogens is 212 g/mol. The van der Waals surface area contributed by atoms with Crippen molar-refractivity contribution in [1.82, 2.24) is 0 Å². The second-order valence-electron chi connectivity index (χ2n) is 4.84. The largest absolute Gasteiger partial charge is 0.392 e. The van der Waals surface area contributed by atoms with Gasteiger partial charge in [0.25, 0.3) is 0 Å². The van der Waals surface area contributed by atoms with Crippen LogP contribution in [0, 0.1) is 0 Å². The highest BCUT2D eigenvalue weighted by molar-refractivity contribution is 5.09. The summed E-state index contributed by atoms with van der Waals surface area (Å²) < 4.78 is 0. The molecule has 0 heterocycles. The van der Waals surface area contributed by atoms with Gasteiger partial charge in [0.15, 0.2) is 0 Å². The number of aliphatic hydroxyl groups is 2. The Hall–Kier alpha value is -0.860. The van der Waals surface area contributed by atoms with Gasteiger partial charge in [0.2, 0.25) is 0 Å². The summed E-state index contributed by atoms with van der Waals surface area (Å²) in [5.41, 5.74) is 3.57. The zero-order chi connectivity index (χ0) is 13.3. The van der Waals surface area contributed by atoms with Gasteiger partial charge in [-0.1, -0.05) is 34.9 Å². The van der Waals surface area contributed by atoms with Crippen LogP contribution in [0.25, 0.3) is 0 Å². The lowest BCUT2D eigenvalue weighted by Crippen LogP contribution is -2.04. The zero-order valence-corrected chi connectivity index (χ0v) is 11.5. The second-order valence-corrected chi connectivity index (χ2v) is 4.84. The molecule has 17 heavy (non-hydrogen) atoms. The van der Waals surface area contributed by atoms with Crippen molar-refractivity contribution in [3.63, 3.8) is 0 Å². The van der Waals surface area contributed by atoms with E-state index in [4.69, 9.17) is 5.11 Å². The van der Waals surface area contributed by atoms with Gasteiger partial charge in [0, 0.05) is 0 Å². The van der Waals surface area contributed by atoms with Crippen molar-refractivity contribution in [2.75, 3.05) is 6.61 Å². The fraction of sp³-hybridized carbons (Fsp3) is 0.600. The lowest BCUT2D eigenvalue weighted by atomic mass is 10.0. The van der Waals surface area contributed by atoms with Crippen molar-refractivity contribution in [3.05, 3.63) is 34.9 Å². The van der Waals surface area contributed by atoms with Crippen molar-refractivity contribution in [1.29, 1.82) is 0 Å². The first-order valence-electron chi connectivity index (χ1n) is 6.21. The summed E-state index contributed by atoms with van der Waals surface area (Å²) in [6.45, 7) is 8.20. The summed E-state index contributed by atoms with van der Waals surface area (Å²) >= 11 is 0. The molecule has 98 valence electrons. The minimum atomic E-state index is -0.440. The Morgan fingerprint density at radius 1 is 1.06 bits per heavy atom. The molecule has 0 aromatic rings. The van der Waals surface area contributed by atoms with Crippen LogP contribution in [0.5, 0.6) is 0 Å². The van der Waals surface area contributed by atoms with E-state index in [0.29, 0.717) is 6.42 Å². The Labute approximate surface area is 105 Å². The molecule has 0 aliphatic heterocycles. The van der Waals surface area contributed by atoms with Crippen LogP contribution < -0.4 is 0 Å². The highest BCUT2D eigenvalue weighted by atomic mass is 16.3. The first-order valence-corrected chi connectivity index (χ1v) is 6.21. The summed E-state index contributed by atoms with van der Waals surface area (Å²) in [4.78, 5) is 0. The molecule has 2 heteroatoms. The topological polar surface area (TPSA) is 40.5 Å². The van der Waals surface area contributed by atoms with Crippen LogP contribution in [0.15, 0.2) is 34.9 Å². The van der Waals surface area contributed by atoms with Crippen LogP contribution in [-0.2, 0) is 0 Å². The number of hydrogen-bond donors (Lipinski definition) is 2. The zero-order valence-electron chi connectivity index (χ0n) is 11.5. The van der Waals surface area contributed by atoms with Crippen LogP contribution in [0.4, 0.5) is 0 Å². The van der Waals surface area contributed by atoms with E-state index in [0.717, 1.165) is 18.4 Å². The molecule has 0 aromatic carbocycles. The number of rotatable bonds is 7. The summed E-state index contributed by atoms with van der Waals surface area (Å²) in [6.07, 6.45) is 8.03. The minimum absolute atomic E-state index is 0.0435. The predicted molar refractivity (Wildman–Crippen MR) is 73.9 cm³/mol. The Kier molecular flexibility index (Phi) is 8.73. The average Bonchev–Trinajstić information content (AvgIpc) is 2.16. The van der Waals surface area contributed by atoms with Crippen LogP contribution in [-0.4, -0.2) is 22.9 Å². The molecule has 0 bridgehead atoms. The van der Waals surface area contributed by atoms with Crippen molar-refractivity contribution in [2.24, 2.45) is 0 Å². The summed E-state index contributed by atoms with van der Waals surface area (Å²) in [5.74, 6) is 0. The van der Waals surface area contributed by atoms with E-state index in [1.54, 1.807) is 6.08 Å². The van der Waals surface area contributed by atoms with Gasteiger partial charge in [0.05, 0.1) is 12.7 Å². The maximum atomic E-state index is 9.81. The van der Waals surface area contributed by atoms with Gasteiger partial charge in [0.1, 0.15) is 0 Å². The Morgan fingerprint density at radius 3 is 2.24 bits per heavy atom. The van der Waals surface area contributed by atoms with Crippen molar-refractivity contribution < 1.29 is 10.2 Å². The highest BCUT2D eigenvalue weighted by Gasteiger charge is 2.01. The molecule has 0 saturated heterocycles. The van der Waals surface area contributed by atoms with Crippen LogP contribution in [0.2, 0.25) is 0 Å². The average molecular weight is 238 g/mol. The Balaban J connectivity index is 4.10. The third kappa shape index (κ3) is 10.0. The quantitative estimate of drug-likeness (QED) is 0.668. The fourth-order valence-corrected chi connectivity index (χ4v) is 1.63. The van der Waals surface area contributed by atoms with Gasteiger partial charge in [-0.3, -0.25) is 0 Å². The molecule has 0 fully saturated rings. The Morgan fingerprint density at radius 2 is 1.71 bits per heavy atom. The minimum Gasteiger partial charge on any atom is -0.392 e. The predicted octanol–water partition coefficient (Wildman–Crippen LogP) is 3.37. The number of aliphatic hydroxyl groups excluding tert-OH is 2. The Bertz CT molecular complexity index is 294. The summed E-state index contributed by atoms with van der Waals surface area (Å²) in [7, 11) is 0. The molecule has 2 nitrogen and oxygen atoms in total. The van der Waals surface area contributed by atoms with Gasteiger partial charge in [-0.05, 0) is 47.0 Å². The maximum absolute atomic E-state index is 9.81. The highest BCUT2D eigenvalue weighted by Crippen LogP contribution is 2.11. The maximum Gasteiger partial charge on any atom is 0.0760 e. The van der Waals surface area contributed by atoms with E-state index in [1.807, 2.05) is 19.9 Å². The lowest BCUT2D eigenvalue weighted by Gasteiger charge is -2.08. The lowest BCUT2D eigenvalue weighted by molar-refractivity contribution is 0.222. The number of hydrogen-bond acceptors (Lipinski definition) is 2. The van der Waals surface area contributed by atoms with Crippen LogP contribution >= 0.6 is 0 Å². The molecule has 0 aliphatic rings. The first kappa shape index (κ1) is 16.1.